The van der Waals surface area contributed by atoms with Crippen LogP contribution in [0.15, 0.2) is 40.9 Å². The van der Waals surface area contributed by atoms with Crippen LogP contribution in [0.4, 0.5) is 0 Å². The van der Waals surface area contributed by atoms with Crippen LogP contribution in [0, 0.1) is 0 Å². The van der Waals surface area contributed by atoms with Gasteiger partial charge in [-0.15, -0.1) is 21.5 Å². The summed E-state index contributed by atoms with van der Waals surface area (Å²) in [5, 5.41) is 13.6. The average molecular weight is 428 g/mol. The van der Waals surface area contributed by atoms with Gasteiger partial charge in [0.2, 0.25) is 0 Å². The molecule has 5 nitrogen and oxygen atoms in total. The minimum atomic E-state index is 0.817. The monoisotopic (exact) mass is 427 g/mol. The van der Waals surface area contributed by atoms with Crippen LogP contribution in [-0.4, -0.2) is 37.7 Å². The van der Waals surface area contributed by atoms with E-state index < -0.39 is 0 Å². The third-order valence-corrected chi connectivity index (χ3v) is 7.16. The second-order valence-electron chi connectivity index (χ2n) is 7.58. The summed E-state index contributed by atoms with van der Waals surface area (Å²) in [5.74, 6) is 1.92. The minimum absolute atomic E-state index is 0.817. The Bertz CT molecular complexity index is 884. The fourth-order valence-electron chi connectivity index (χ4n) is 3.67. The van der Waals surface area contributed by atoms with Gasteiger partial charge in [-0.3, -0.25) is 4.90 Å². The molecule has 29 heavy (non-hydrogen) atoms. The van der Waals surface area contributed by atoms with Gasteiger partial charge in [-0.05, 0) is 44.3 Å². The third kappa shape index (κ3) is 5.68. The normalized spacial score (nSPS) is 15.1. The van der Waals surface area contributed by atoms with Crippen LogP contribution < -0.4 is 0 Å². The molecule has 0 amide bonds. The van der Waals surface area contributed by atoms with Gasteiger partial charge in [-0.1, -0.05) is 55.4 Å². The predicted molar refractivity (Wildman–Crippen MR) is 120 cm³/mol. The van der Waals surface area contributed by atoms with Gasteiger partial charge in [0.15, 0.2) is 5.16 Å². The number of aromatic nitrogens is 4. The zero-order valence-electron chi connectivity index (χ0n) is 17.1. The van der Waals surface area contributed by atoms with E-state index in [2.05, 4.69) is 62.3 Å². The quantitative estimate of drug-likeness (QED) is 0.449. The first-order valence-electron chi connectivity index (χ1n) is 10.6. The van der Waals surface area contributed by atoms with Crippen molar-refractivity contribution in [3.8, 4) is 0 Å². The summed E-state index contributed by atoms with van der Waals surface area (Å²) < 4.78 is 2.30. The first-order chi connectivity index (χ1) is 14.3. The third-order valence-electron chi connectivity index (χ3n) is 5.20. The molecular formula is C22H29N5S2. The standard InChI is InChI=1S/C22H29N5S2/c1-2-9-21-23-19(16-28-21)17-29-22-25-24-20(15-26-12-7-4-8-13-26)27(22)14-18-10-5-3-6-11-18/h3,5-6,10-11,16H,2,4,7-9,12-15,17H2,1H3. The van der Waals surface area contributed by atoms with Gasteiger partial charge in [0, 0.05) is 11.1 Å². The number of aryl methyl sites for hydroxylation is 1. The maximum absolute atomic E-state index is 4.76. The Kier molecular flexibility index (Phi) is 7.35. The highest BCUT2D eigenvalue weighted by molar-refractivity contribution is 7.98. The molecule has 0 aliphatic carbocycles. The van der Waals surface area contributed by atoms with E-state index in [1.807, 2.05) is 0 Å². The van der Waals surface area contributed by atoms with E-state index in [1.54, 1.807) is 23.1 Å². The highest BCUT2D eigenvalue weighted by Gasteiger charge is 2.18. The fourth-order valence-corrected chi connectivity index (χ4v) is 5.52. The van der Waals surface area contributed by atoms with E-state index in [4.69, 9.17) is 4.98 Å². The van der Waals surface area contributed by atoms with Crippen LogP contribution in [0.2, 0.25) is 0 Å². The Balaban J connectivity index is 1.50. The topological polar surface area (TPSA) is 46.8 Å². The fraction of sp³-hybridized carbons (Fsp3) is 0.500. The summed E-state index contributed by atoms with van der Waals surface area (Å²) in [7, 11) is 0. The number of piperidine rings is 1. The summed E-state index contributed by atoms with van der Waals surface area (Å²) in [4.78, 5) is 7.28. The lowest BCUT2D eigenvalue weighted by molar-refractivity contribution is 0.213. The molecule has 0 saturated carbocycles. The van der Waals surface area contributed by atoms with Crippen LogP contribution in [0.1, 0.15) is 54.7 Å². The Morgan fingerprint density at radius 3 is 2.66 bits per heavy atom. The van der Waals surface area contributed by atoms with Gasteiger partial charge >= 0.3 is 0 Å². The van der Waals surface area contributed by atoms with E-state index in [9.17, 15) is 0 Å². The van der Waals surface area contributed by atoms with Crippen molar-refractivity contribution in [2.24, 2.45) is 0 Å². The molecule has 3 aromatic rings. The second kappa shape index (κ2) is 10.4. The molecule has 0 unspecified atom stereocenters. The van der Waals surface area contributed by atoms with Crippen molar-refractivity contribution >= 4 is 23.1 Å². The molecule has 1 aliphatic rings. The van der Waals surface area contributed by atoms with Gasteiger partial charge < -0.3 is 4.57 Å². The van der Waals surface area contributed by atoms with Crippen molar-refractivity contribution in [2.75, 3.05) is 13.1 Å². The molecule has 0 bridgehead atoms. The van der Waals surface area contributed by atoms with E-state index in [0.29, 0.717) is 0 Å². The SMILES string of the molecule is CCCc1nc(CSc2nnc(CN3CCCCC3)n2Cc2ccccc2)cs1. The zero-order chi connectivity index (χ0) is 19.9. The maximum atomic E-state index is 4.76. The van der Waals surface area contributed by atoms with E-state index >= 15 is 0 Å². The van der Waals surface area contributed by atoms with Crippen LogP contribution in [0.5, 0.6) is 0 Å². The number of benzene rings is 1. The number of hydrogen-bond acceptors (Lipinski definition) is 6. The molecular weight excluding hydrogens is 398 g/mol. The Morgan fingerprint density at radius 2 is 1.86 bits per heavy atom. The van der Waals surface area contributed by atoms with E-state index in [0.717, 1.165) is 48.4 Å². The lowest BCUT2D eigenvalue weighted by Gasteiger charge is -2.26. The number of rotatable bonds is 9. The van der Waals surface area contributed by atoms with Crippen molar-refractivity contribution in [2.45, 2.75) is 63.0 Å². The van der Waals surface area contributed by atoms with Crippen LogP contribution in [0.25, 0.3) is 0 Å². The number of hydrogen-bond donors (Lipinski definition) is 0. The van der Waals surface area contributed by atoms with Crippen LogP contribution >= 0.6 is 23.1 Å². The lowest BCUT2D eigenvalue weighted by Crippen LogP contribution is -2.30. The maximum Gasteiger partial charge on any atom is 0.191 e. The van der Waals surface area contributed by atoms with Gasteiger partial charge in [0.05, 0.1) is 23.8 Å². The molecule has 154 valence electrons. The first kappa shape index (κ1) is 20.6. The number of thiazole rings is 1. The largest absolute Gasteiger partial charge is 0.300 e. The van der Waals surface area contributed by atoms with Crippen molar-refractivity contribution in [1.29, 1.82) is 0 Å². The number of thioether (sulfide) groups is 1. The van der Waals surface area contributed by atoms with E-state index in [1.165, 1.54) is 42.9 Å². The average Bonchev–Trinajstić information content (AvgIpc) is 3.36. The minimum Gasteiger partial charge on any atom is -0.300 e. The molecule has 0 radical (unpaired) electrons. The lowest BCUT2D eigenvalue weighted by atomic mass is 10.1. The van der Waals surface area contributed by atoms with Crippen molar-refractivity contribution in [3.63, 3.8) is 0 Å². The Morgan fingerprint density at radius 1 is 1.03 bits per heavy atom. The molecule has 0 atom stereocenters. The highest BCUT2D eigenvalue weighted by Crippen LogP contribution is 2.25. The molecule has 1 aromatic carbocycles. The smallest absolute Gasteiger partial charge is 0.191 e. The summed E-state index contributed by atoms with van der Waals surface area (Å²) in [5.41, 5.74) is 2.43. The van der Waals surface area contributed by atoms with Gasteiger partial charge in [0.25, 0.3) is 0 Å². The molecule has 0 spiro atoms. The molecule has 1 aliphatic heterocycles. The summed E-state index contributed by atoms with van der Waals surface area (Å²) in [6, 6.07) is 10.6. The molecule has 3 heterocycles. The Labute approximate surface area is 181 Å². The van der Waals surface area contributed by atoms with Crippen molar-refractivity contribution in [3.05, 3.63) is 57.8 Å². The predicted octanol–water partition coefficient (Wildman–Crippen LogP) is 5.01. The molecule has 7 heteroatoms. The van der Waals surface area contributed by atoms with Crippen LogP contribution in [0.3, 0.4) is 0 Å². The highest BCUT2D eigenvalue weighted by atomic mass is 32.2. The second-order valence-corrected chi connectivity index (χ2v) is 9.46. The van der Waals surface area contributed by atoms with Crippen molar-refractivity contribution in [1.82, 2.24) is 24.6 Å². The number of nitrogens with zero attached hydrogens (tertiary/aromatic N) is 5. The summed E-state index contributed by atoms with van der Waals surface area (Å²) in [6.45, 7) is 6.24. The number of likely N-dealkylation sites (tertiary alicyclic amines) is 1. The van der Waals surface area contributed by atoms with E-state index in [-0.39, 0.29) is 0 Å². The summed E-state index contributed by atoms with van der Waals surface area (Å²) >= 11 is 3.52. The summed E-state index contributed by atoms with van der Waals surface area (Å²) in [6.07, 6.45) is 6.14. The Hall–Kier alpha value is -1.70. The first-order valence-corrected chi connectivity index (χ1v) is 12.4. The van der Waals surface area contributed by atoms with Crippen molar-refractivity contribution < 1.29 is 0 Å². The molecule has 2 aromatic heterocycles. The van der Waals surface area contributed by atoms with Gasteiger partial charge in [-0.2, -0.15) is 0 Å². The van der Waals surface area contributed by atoms with Gasteiger partial charge in [-0.25, -0.2) is 4.98 Å². The molecule has 1 fully saturated rings. The van der Waals surface area contributed by atoms with Crippen LogP contribution in [-0.2, 0) is 25.3 Å². The molecule has 4 rings (SSSR count). The zero-order valence-corrected chi connectivity index (χ0v) is 18.7. The molecule has 0 N–H and O–H groups in total. The molecule has 1 saturated heterocycles. The van der Waals surface area contributed by atoms with Gasteiger partial charge in [0.1, 0.15) is 5.82 Å².